The Balaban J connectivity index is 0.00000192. The number of thiazole rings is 1. The van der Waals surface area contributed by atoms with Crippen LogP contribution in [0.25, 0.3) is 0 Å². The van der Waals surface area contributed by atoms with Gasteiger partial charge in [-0.05, 0) is 31.2 Å². The van der Waals surface area contributed by atoms with Gasteiger partial charge in [0.2, 0.25) is 0 Å². The number of aromatic nitrogens is 1. The zero-order chi connectivity index (χ0) is 15.4. The monoisotopic (exact) mass is 357 g/mol. The van der Waals surface area contributed by atoms with Crippen molar-refractivity contribution in [3.8, 4) is 5.75 Å². The van der Waals surface area contributed by atoms with Gasteiger partial charge in [0.05, 0.1) is 5.69 Å². The average molecular weight is 358 g/mol. The summed E-state index contributed by atoms with van der Waals surface area (Å²) in [5.74, 6) is 0.405. The van der Waals surface area contributed by atoms with Crippen molar-refractivity contribution in [1.29, 1.82) is 0 Å². The Bertz CT molecular complexity index is 608. The topological polar surface area (TPSA) is 37.4 Å². The van der Waals surface area contributed by atoms with E-state index in [1.165, 1.54) is 12.1 Å². The summed E-state index contributed by atoms with van der Waals surface area (Å²) in [6.45, 7) is 6.67. The number of benzene rings is 1. The van der Waals surface area contributed by atoms with Crippen molar-refractivity contribution in [2.75, 3.05) is 19.6 Å². The molecule has 0 unspecified atom stereocenters. The van der Waals surface area contributed by atoms with E-state index in [9.17, 15) is 4.39 Å². The second-order valence-corrected chi connectivity index (χ2v) is 6.44. The first-order valence-electron chi connectivity index (χ1n) is 7.47. The van der Waals surface area contributed by atoms with Gasteiger partial charge in [0.15, 0.2) is 0 Å². The molecular formula is C16H21ClFN3OS. The van der Waals surface area contributed by atoms with E-state index in [-0.39, 0.29) is 18.2 Å². The first-order chi connectivity index (χ1) is 10.7. The highest BCUT2D eigenvalue weighted by Gasteiger charge is 2.18. The number of hydrogen-bond acceptors (Lipinski definition) is 5. The maximum atomic E-state index is 12.8. The van der Waals surface area contributed by atoms with E-state index in [4.69, 9.17) is 4.74 Å². The minimum atomic E-state index is -0.256. The highest BCUT2D eigenvalue weighted by Crippen LogP contribution is 2.17. The van der Waals surface area contributed by atoms with E-state index < -0.39 is 0 Å². The molecule has 0 amide bonds. The molecule has 1 saturated heterocycles. The third-order valence-corrected chi connectivity index (χ3v) is 4.65. The van der Waals surface area contributed by atoms with Gasteiger partial charge < -0.3 is 10.1 Å². The highest BCUT2D eigenvalue weighted by molar-refractivity contribution is 7.09. The third-order valence-electron chi connectivity index (χ3n) is 3.78. The van der Waals surface area contributed by atoms with Crippen LogP contribution in [-0.4, -0.2) is 35.6 Å². The van der Waals surface area contributed by atoms with E-state index in [1.54, 1.807) is 23.5 Å². The third kappa shape index (κ3) is 5.14. The molecule has 0 spiro atoms. The number of ether oxygens (including phenoxy) is 1. The minimum absolute atomic E-state index is 0. The predicted molar refractivity (Wildman–Crippen MR) is 92.8 cm³/mol. The molecule has 1 aliphatic rings. The molecule has 1 aliphatic heterocycles. The molecule has 0 radical (unpaired) electrons. The van der Waals surface area contributed by atoms with Gasteiger partial charge in [0, 0.05) is 37.6 Å². The van der Waals surface area contributed by atoms with Crippen LogP contribution in [0.4, 0.5) is 4.39 Å². The Morgan fingerprint density at radius 3 is 2.91 bits per heavy atom. The highest BCUT2D eigenvalue weighted by atomic mass is 35.5. The molecule has 23 heavy (non-hydrogen) atoms. The fourth-order valence-electron chi connectivity index (χ4n) is 2.49. The standard InChI is InChI=1S/C16H20FN3OS.ClH/c1-12-8-18-6-7-20(12)9-14-11-22-16(19-14)10-21-15-4-2-13(17)3-5-15;/h2-5,11-12,18H,6-10H2,1H3;1H/t12-;/m1./s1. The zero-order valence-corrected chi connectivity index (χ0v) is 14.6. The molecule has 2 aromatic rings. The van der Waals surface area contributed by atoms with Crippen LogP contribution in [0.3, 0.4) is 0 Å². The van der Waals surface area contributed by atoms with Crippen LogP contribution in [0.5, 0.6) is 5.75 Å². The van der Waals surface area contributed by atoms with Crippen molar-refractivity contribution < 1.29 is 9.13 Å². The molecule has 126 valence electrons. The first-order valence-corrected chi connectivity index (χ1v) is 8.35. The smallest absolute Gasteiger partial charge is 0.140 e. The maximum absolute atomic E-state index is 12.8. The van der Waals surface area contributed by atoms with Gasteiger partial charge in [0.1, 0.15) is 23.2 Å². The molecule has 1 aromatic heterocycles. The number of hydrogen-bond donors (Lipinski definition) is 1. The number of nitrogens with one attached hydrogen (secondary N) is 1. The van der Waals surface area contributed by atoms with Crippen molar-refractivity contribution in [1.82, 2.24) is 15.2 Å². The lowest BCUT2D eigenvalue weighted by Gasteiger charge is -2.33. The van der Waals surface area contributed by atoms with E-state index in [0.717, 1.165) is 36.9 Å². The lowest BCUT2D eigenvalue weighted by Crippen LogP contribution is -2.49. The number of rotatable bonds is 5. The van der Waals surface area contributed by atoms with E-state index in [1.807, 2.05) is 0 Å². The van der Waals surface area contributed by atoms with Crippen LogP contribution in [-0.2, 0) is 13.2 Å². The number of halogens is 2. The normalized spacial score (nSPS) is 18.4. The minimum Gasteiger partial charge on any atom is -0.486 e. The largest absolute Gasteiger partial charge is 0.486 e. The Morgan fingerprint density at radius 1 is 1.39 bits per heavy atom. The summed E-state index contributed by atoms with van der Waals surface area (Å²) in [5, 5.41) is 6.43. The SMILES string of the molecule is C[C@@H]1CNCCN1Cc1csc(COc2ccc(F)cc2)n1.Cl. The van der Waals surface area contributed by atoms with Crippen molar-refractivity contribution >= 4 is 23.7 Å². The summed E-state index contributed by atoms with van der Waals surface area (Å²) in [7, 11) is 0. The predicted octanol–water partition coefficient (Wildman–Crippen LogP) is 3.08. The Morgan fingerprint density at radius 2 is 2.17 bits per heavy atom. The maximum Gasteiger partial charge on any atom is 0.140 e. The van der Waals surface area contributed by atoms with E-state index in [0.29, 0.717) is 18.4 Å². The van der Waals surface area contributed by atoms with Gasteiger partial charge in [-0.15, -0.1) is 23.7 Å². The van der Waals surface area contributed by atoms with Gasteiger partial charge >= 0.3 is 0 Å². The Kier molecular flexibility index (Phi) is 6.77. The lowest BCUT2D eigenvalue weighted by atomic mass is 10.2. The lowest BCUT2D eigenvalue weighted by molar-refractivity contribution is 0.164. The quantitative estimate of drug-likeness (QED) is 0.892. The number of nitrogens with zero attached hydrogens (tertiary/aromatic N) is 2. The average Bonchev–Trinajstić information content (AvgIpc) is 2.97. The van der Waals surface area contributed by atoms with E-state index >= 15 is 0 Å². The van der Waals surface area contributed by atoms with Gasteiger partial charge in [0.25, 0.3) is 0 Å². The second kappa shape index (κ2) is 8.59. The number of piperazine rings is 1. The van der Waals surface area contributed by atoms with Crippen LogP contribution in [0.15, 0.2) is 29.6 Å². The summed E-state index contributed by atoms with van der Waals surface area (Å²) < 4.78 is 18.5. The second-order valence-electron chi connectivity index (χ2n) is 5.50. The Labute approximate surface area is 146 Å². The van der Waals surface area contributed by atoms with Crippen molar-refractivity contribution in [3.63, 3.8) is 0 Å². The molecule has 1 atom stereocenters. The van der Waals surface area contributed by atoms with Gasteiger partial charge in [-0.25, -0.2) is 9.37 Å². The first kappa shape index (κ1) is 18.1. The fourth-order valence-corrected chi connectivity index (χ4v) is 3.19. The summed E-state index contributed by atoms with van der Waals surface area (Å²) in [6.07, 6.45) is 0. The summed E-state index contributed by atoms with van der Waals surface area (Å²) >= 11 is 1.61. The summed E-state index contributed by atoms with van der Waals surface area (Å²) in [5.41, 5.74) is 1.09. The molecule has 1 aromatic carbocycles. The molecule has 2 heterocycles. The van der Waals surface area contributed by atoms with Crippen molar-refractivity contribution in [3.05, 3.63) is 46.2 Å². The molecule has 7 heteroatoms. The van der Waals surface area contributed by atoms with Crippen LogP contribution in [0.1, 0.15) is 17.6 Å². The fraction of sp³-hybridized carbons (Fsp3) is 0.438. The molecule has 0 bridgehead atoms. The van der Waals surface area contributed by atoms with Crippen LogP contribution in [0, 0.1) is 5.82 Å². The van der Waals surface area contributed by atoms with Crippen molar-refractivity contribution in [2.24, 2.45) is 0 Å². The molecule has 4 nitrogen and oxygen atoms in total. The van der Waals surface area contributed by atoms with E-state index in [2.05, 4.69) is 27.5 Å². The van der Waals surface area contributed by atoms with Gasteiger partial charge in [-0.1, -0.05) is 0 Å². The van der Waals surface area contributed by atoms with Crippen LogP contribution in [0.2, 0.25) is 0 Å². The summed E-state index contributed by atoms with van der Waals surface area (Å²) in [4.78, 5) is 7.07. The molecular weight excluding hydrogens is 337 g/mol. The van der Waals surface area contributed by atoms with Crippen molar-refractivity contribution in [2.45, 2.75) is 26.1 Å². The molecule has 1 N–H and O–H groups in total. The van der Waals surface area contributed by atoms with Gasteiger partial charge in [-0.2, -0.15) is 0 Å². The van der Waals surface area contributed by atoms with Gasteiger partial charge in [-0.3, -0.25) is 4.90 Å². The van der Waals surface area contributed by atoms with Crippen LogP contribution >= 0.6 is 23.7 Å². The molecule has 1 fully saturated rings. The molecule has 0 aliphatic carbocycles. The van der Waals surface area contributed by atoms with Crippen LogP contribution < -0.4 is 10.1 Å². The zero-order valence-electron chi connectivity index (χ0n) is 13.0. The Hall–Kier alpha value is -1.21. The molecule has 0 saturated carbocycles. The summed E-state index contributed by atoms with van der Waals surface area (Å²) in [6, 6.07) is 6.59. The molecule has 3 rings (SSSR count).